The number of ether oxygens (including phenoxy) is 8. The zero-order chi connectivity index (χ0) is 78.5. The van der Waals surface area contributed by atoms with Gasteiger partial charge in [0.25, 0.3) is 0 Å². The third-order valence-corrected chi connectivity index (χ3v) is 25.1. The van der Waals surface area contributed by atoms with E-state index in [-0.39, 0.29) is 55.6 Å². The molecule has 30 heteroatoms. The molecule has 4 spiro atoms. The van der Waals surface area contributed by atoms with Crippen LogP contribution in [0.5, 0.6) is 0 Å². The molecule has 34 atom stereocenters. The molecule has 0 aromatic heterocycles. The summed E-state index contributed by atoms with van der Waals surface area (Å²) in [5, 5.41) is 192. The van der Waals surface area contributed by atoms with Crippen molar-refractivity contribution in [2.24, 2.45) is 69.5 Å². The van der Waals surface area contributed by atoms with Crippen LogP contribution in [0.3, 0.4) is 0 Å². The van der Waals surface area contributed by atoms with Gasteiger partial charge in [-0.25, -0.2) is 0 Å². The van der Waals surface area contributed by atoms with Crippen molar-refractivity contribution in [1.29, 1.82) is 0 Å². The molecule has 24 unspecified atom stereocenters. The number of Topliss-reactive ketones (excluding diaryl/α,β-unsaturated/α-hetero) is 4. The Morgan fingerprint density at radius 1 is 0.458 bits per heavy atom. The third-order valence-electron chi connectivity index (χ3n) is 25.1. The lowest BCUT2D eigenvalue weighted by molar-refractivity contribution is -0.299. The highest BCUT2D eigenvalue weighted by Gasteiger charge is 2.69. The number of allylic oxidation sites excluding steroid dienone is 5. The first-order valence-corrected chi connectivity index (χ1v) is 36.4. The summed E-state index contributed by atoms with van der Waals surface area (Å²) in [4.78, 5) is 74.8. The minimum absolute atomic E-state index is 0.0437. The van der Waals surface area contributed by atoms with E-state index in [0.29, 0.717) is 23.0 Å². The number of aliphatic hydroxyl groups excluding tert-OH is 17. The van der Waals surface area contributed by atoms with E-state index >= 15 is 19.2 Å². The maximum atomic E-state index is 15.6. The minimum Gasteiger partial charge on any atom is -0.394 e. The van der Waals surface area contributed by atoms with E-state index in [9.17, 15) is 91.6 Å². The summed E-state index contributed by atoms with van der Waals surface area (Å²) in [5.41, 5.74) is -11.8. The molecule has 30 nitrogen and oxygen atoms in total. The van der Waals surface area contributed by atoms with Gasteiger partial charge in [-0.15, -0.1) is 0 Å². The van der Waals surface area contributed by atoms with Gasteiger partial charge in [0, 0.05) is 22.2 Å². The molecule has 8 bridgehead atoms. The molecule has 11 aliphatic rings. The first kappa shape index (κ1) is 82.7. The Labute approximate surface area is 618 Å². The van der Waals surface area contributed by atoms with Crippen LogP contribution in [0, 0.1) is 69.5 Å². The number of fused-ring (bicyclic) bond motifs is 4. The third kappa shape index (κ3) is 13.9. The predicted molar refractivity (Wildman–Crippen MR) is 369 cm³/mol. The van der Waals surface area contributed by atoms with E-state index in [0.717, 1.165) is 12.2 Å². The van der Waals surface area contributed by atoms with Gasteiger partial charge in [0.2, 0.25) is 0 Å². The van der Waals surface area contributed by atoms with E-state index in [2.05, 4.69) is 0 Å². The van der Waals surface area contributed by atoms with Crippen LogP contribution >= 0.6 is 0 Å². The van der Waals surface area contributed by atoms with E-state index in [1.54, 1.807) is 46.8 Å². The zero-order valence-electron chi connectivity index (χ0n) is 61.0. The van der Waals surface area contributed by atoms with Gasteiger partial charge in [0.1, 0.15) is 101 Å². The largest absolute Gasteiger partial charge is 0.394 e. The highest BCUT2D eigenvalue weighted by molar-refractivity contribution is 5.97. The number of ketones is 4. The van der Waals surface area contributed by atoms with Crippen molar-refractivity contribution >= 4 is 29.4 Å². The summed E-state index contributed by atoms with van der Waals surface area (Å²) in [6, 6.07) is 0. The lowest BCUT2D eigenvalue weighted by Gasteiger charge is -2.47. The molecule has 6 heterocycles. The number of aliphatic hydroxyl groups is 17. The van der Waals surface area contributed by atoms with E-state index in [1.807, 2.05) is 0 Å². The van der Waals surface area contributed by atoms with Crippen molar-refractivity contribution in [3.05, 3.63) is 119 Å². The van der Waals surface area contributed by atoms with Gasteiger partial charge in [-0.05, 0) is 117 Å². The Hall–Kier alpha value is -5.25. The molecule has 6 aliphatic heterocycles. The van der Waals surface area contributed by atoms with E-state index in [4.69, 9.17) is 37.9 Å². The fraction of sp³-hybridized carbons (Fsp3) is 0.675. The SMILES string of the molecule is C/C1=C/C=C/C2(C)C=C(CO[C@H]3O[C@H](CO)[C@H](O)[C@H](O)[C@H]3O)C(C)CC23OC(O)C(C3=O)C(O)/C=C/C2(C)C=C(CO)C(C)CC23OC(O)C(C3=O)C(O)/C(C)=C\C=C\C2C=C(CO[C@H]3O[C@H](CO)[C@H](O)[C@H](O)[C@H]3O)C(C)CC23OC(O)C(C3=O)C(O)/C=C/C2(C)C=C(C=O)C(C)CC23OC(O)C(C3=O)C1O. The van der Waals surface area contributed by atoms with Gasteiger partial charge in [-0.1, -0.05) is 113 Å². The Balaban J connectivity index is 1.01. The van der Waals surface area contributed by atoms with Crippen LogP contribution in [0.25, 0.3) is 0 Å². The quantitative estimate of drug-likeness (QED) is 0.0829. The molecule has 0 aromatic carbocycles. The van der Waals surface area contributed by atoms with Gasteiger partial charge >= 0.3 is 0 Å². The average molecular weight is 1510 g/mol. The normalized spacial score (nSPS) is 51.4. The molecule has 6 saturated heterocycles. The minimum atomic E-state index is -2.10. The summed E-state index contributed by atoms with van der Waals surface area (Å²) in [6.07, 6.45) is -12.7. The predicted octanol–water partition coefficient (Wildman–Crippen LogP) is -2.02. The van der Waals surface area contributed by atoms with Gasteiger partial charge in [0.05, 0.1) is 57.5 Å². The molecule has 6 fully saturated rings. The highest BCUT2D eigenvalue weighted by Crippen LogP contribution is 2.59. The van der Waals surface area contributed by atoms with Crippen LogP contribution in [0.1, 0.15) is 88.0 Å². The first-order chi connectivity index (χ1) is 50.2. The van der Waals surface area contributed by atoms with Gasteiger partial charge < -0.3 is 125 Å². The molecular weight excluding hydrogens is 1400 g/mol. The summed E-state index contributed by atoms with van der Waals surface area (Å²) in [7, 11) is 0. The second kappa shape index (κ2) is 31.0. The molecule has 592 valence electrons. The van der Waals surface area contributed by atoms with Crippen LogP contribution in [0.2, 0.25) is 0 Å². The monoisotopic (exact) mass is 1510 g/mol. The summed E-state index contributed by atoms with van der Waals surface area (Å²) < 4.78 is 48.7. The van der Waals surface area contributed by atoms with Gasteiger partial charge in [-0.3, -0.25) is 24.0 Å². The molecule has 5 aliphatic carbocycles. The maximum Gasteiger partial charge on any atom is 0.187 e. The topological polar surface area (TPSA) is 503 Å². The van der Waals surface area contributed by atoms with Crippen LogP contribution in [0.15, 0.2) is 119 Å². The van der Waals surface area contributed by atoms with Crippen LogP contribution in [0.4, 0.5) is 0 Å². The van der Waals surface area contributed by atoms with Crippen molar-refractivity contribution in [2.45, 2.75) is 221 Å². The smallest absolute Gasteiger partial charge is 0.187 e. The van der Waals surface area contributed by atoms with Crippen molar-refractivity contribution in [1.82, 2.24) is 0 Å². The summed E-state index contributed by atoms with van der Waals surface area (Å²) >= 11 is 0. The lowest BCUT2D eigenvalue weighted by Crippen LogP contribution is -2.59. The van der Waals surface area contributed by atoms with Crippen molar-refractivity contribution in [3.63, 3.8) is 0 Å². The number of carbonyl (C=O) groups excluding carboxylic acids is 5. The molecule has 0 saturated carbocycles. The molecule has 0 radical (unpaired) electrons. The number of aldehydes is 1. The fourth-order valence-electron chi connectivity index (χ4n) is 18.3. The van der Waals surface area contributed by atoms with Crippen LogP contribution in [-0.4, -0.2) is 283 Å². The van der Waals surface area contributed by atoms with Crippen molar-refractivity contribution in [2.75, 3.05) is 33.0 Å². The Morgan fingerprint density at radius 2 is 0.860 bits per heavy atom. The summed E-state index contributed by atoms with van der Waals surface area (Å²) in [6.45, 7) is 11.5. The van der Waals surface area contributed by atoms with Gasteiger partial charge in [0.15, 0.2) is 60.9 Å². The molecule has 0 aromatic rings. The van der Waals surface area contributed by atoms with Crippen LogP contribution < -0.4 is 0 Å². The fourth-order valence-corrected chi connectivity index (χ4v) is 18.3. The first-order valence-electron chi connectivity index (χ1n) is 36.4. The second-order valence-corrected chi connectivity index (χ2v) is 32.0. The van der Waals surface area contributed by atoms with Gasteiger partial charge in [-0.2, -0.15) is 0 Å². The van der Waals surface area contributed by atoms with Crippen molar-refractivity contribution in [3.8, 4) is 0 Å². The average Bonchev–Trinajstić information content (AvgIpc) is 1.59. The number of rotatable bonds is 10. The Bertz CT molecular complexity index is 3720. The lowest BCUT2D eigenvalue weighted by atomic mass is 9.59. The Morgan fingerprint density at radius 3 is 1.35 bits per heavy atom. The molecule has 0 amide bonds. The zero-order valence-corrected chi connectivity index (χ0v) is 61.0. The second-order valence-electron chi connectivity index (χ2n) is 32.0. The Kier molecular flexibility index (Phi) is 24.0. The summed E-state index contributed by atoms with van der Waals surface area (Å²) in [5.74, 6) is -14.1. The number of hydrogen-bond donors (Lipinski definition) is 17. The molecule has 17 N–H and O–H groups in total. The van der Waals surface area contributed by atoms with E-state index < -0.39 is 246 Å². The number of carbonyl (C=O) groups is 5. The maximum absolute atomic E-state index is 15.6. The molecule has 107 heavy (non-hydrogen) atoms. The highest BCUT2D eigenvalue weighted by atomic mass is 16.7. The van der Waals surface area contributed by atoms with Crippen LogP contribution in [-0.2, 0) is 61.9 Å². The molecule has 11 rings (SSSR count). The van der Waals surface area contributed by atoms with Crippen molar-refractivity contribution < 1.29 is 149 Å². The standard InChI is InChI=1S/C77H104O30/c1-34-12-10-14-44-20-40(32-100-69-59(90)57(88)55(86)47(30-80)102-69)36(3)21-74(44)61(92)49(65(96)104-74)45(82)15-18-72(8)25-41(28-78)38(5)23-77(72)64(95)52(68(99)107-77)54(85)35(2)13-11-17-71(7)27-43(33-101-70-60(91)58(89)56(87)48(31-81)103-70)39(6)24-75(71)62(93)50(66(97)105-75)46(83)16-19-73(9)26-42(29-79)37(4)22-76(73)63(94)51(53(34)84)67(98)106-76/h10-20,25-28,36-39,44-60,65-70,79-91,96-99H,21-24,29-33H2,1-9H3/b14-10+,17-11+,18-15+,19-16+,34-12-,35-13-/t36?,37?,38?,39?,44?,45?,46?,47-,48-,49?,50?,51?,52?,53?,54?,55+,56+,57+,58+,59-,60-,65?,66?,67?,68?,69+,70+,71?,72?,73?,74?,75?,76?,77?/m1/s1. The number of hydrogen-bond acceptors (Lipinski definition) is 30. The molecular formula is C77H104O30. The van der Waals surface area contributed by atoms with E-state index in [1.165, 1.54) is 88.5 Å².